The van der Waals surface area contributed by atoms with Gasteiger partial charge in [0.25, 0.3) is 0 Å². The molecule has 0 saturated carbocycles. The Morgan fingerprint density at radius 1 is 1.13 bits per heavy atom. The minimum Gasteiger partial charge on any atom is -0.280 e. The van der Waals surface area contributed by atoms with E-state index in [2.05, 4.69) is 17.6 Å². The molecule has 1 heterocycles. The van der Waals surface area contributed by atoms with Gasteiger partial charge in [-0.25, -0.2) is 4.98 Å². The maximum Gasteiger partial charge on any atom is 0.238 e. The van der Waals surface area contributed by atoms with Crippen molar-refractivity contribution in [3.8, 4) is 0 Å². The fourth-order valence-corrected chi connectivity index (χ4v) is 2.33. The topological polar surface area (TPSA) is 30.0 Å². The highest BCUT2D eigenvalue weighted by Crippen LogP contribution is 2.41. The zero-order valence-corrected chi connectivity index (χ0v) is 11.4. The van der Waals surface area contributed by atoms with Crippen molar-refractivity contribution < 1.29 is 4.79 Å². The maximum absolute atomic E-state index is 10.9. The lowest BCUT2D eigenvalue weighted by Crippen LogP contribution is -2.03. The summed E-state index contributed by atoms with van der Waals surface area (Å²) >= 11 is 32.2. The molecule has 0 N–H and O–H groups in total. The molecule has 0 aliphatic rings. The molecule has 0 radical (unpaired) electrons. The van der Waals surface area contributed by atoms with E-state index in [4.69, 9.17) is 58.0 Å². The van der Waals surface area contributed by atoms with E-state index in [1.165, 1.54) is 0 Å². The number of nitrogens with zero attached hydrogens (tertiary/aromatic N) is 1. The number of thiol groups is 1. The molecule has 1 aromatic rings. The molecule has 1 aromatic heterocycles. The van der Waals surface area contributed by atoms with Crippen LogP contribution < -0.4 is 0 Å². The van der Waals surface area contributed by atoms with Gasteiger partial charge < -0.3 is 0 Å². The van der Waals surface area contributed by atoms with Crippen LogP contribution in [0.25, 0.3) is 0 Å². The summed E-state index contributed by atoms with van der Waals surface area (Å²) in [5.74, 6) is 0. The lowest BCUT2D eigenvalue weighted by atomic mass is 10.2. The van der Waals surface area contributed by atoms with E-state index in [1.807, 2.05) is 0 Å². The summed E-state index contributed by atoms with van der Waals surface area (Å²) in [6, 6.07) is 0. The fourth-order valence-electron chi connectivity index (χ4n) is 0.856. The summed E-state index contributed by atoms with van der Waals surface area (Å²) in [6.07, 6.45) is 0. The zero-order chi connectivity index (χ0) is 11.7. The summed E-state index contributed by atoms with van der Waals surface area (Å²) in [6.45, 7) is 0. The first-order valence-electron chi connectivity index (χ1n) is 3.43. The quantitative estimate of drug-likeness (QED) is 0.495. The summed E-state index contributed by atoms with van der Waals surface area (Å²) in [5, 5.41) is -1.82. The number of hydrogen-bond donors (Lipinski definition) is 1. The number of hydrogen-bond acceptors (Lipinski definition) is 3. The van der Waals surface area contributed by atoms with Crippen molar-refractivity contribution in [2.75, 3.05) is 0 Å². The minimum atomic E-state index is -0.996. The average molecular weight is 325 g/mol. The van der Waals surface area contributed by atoms with Crippen LogP contribution in [0.3, 0.4) is 0 Å². The smallest absolute Gasteiger partial charge is 0.238 e. The van der Waals surface area contributed by atoms with E-state index in [0.29, 0.717) is 0 Å². The van der Waals surface area contributed by atoms with E-state index in [9.17, 15) is 4.79 Å². The van der Waals surface area contributed by atoms with E-state index < -0.39 is 10.5 Å². The predicted octanol–water partition coefficient (Wildman–Crippen LogP) is 4.43. The van der Waals surface area contributed by atoms with Gasteiger partial charge in [-0.15, -0.1) is 0 Å². The van der Waals surface area contributed by atoms with Crippen LogP contribution in [0.4, 0.5) is 0 Å². The van der Waals surface area contributed by atoms with Gasteiger partial charge in [0.05, 0.1) is 10.0 Å². The van der Waals surface area contributed by atoms with Gasteiger partial charge in [0.15, 0.2) is 0 Å². The van der Waals surface area contributed by atoms with E-state index in [-0.39, 0.29) is 25.9 Å². The van der Waals surface area contributed by atoms with Crippen molar-refractivity contribution in [3.63, 3.8) is 0 Å². The number of aromatic nitrogens is 1. The molecule has 0 spiro atoms. The van der Waals surface area contributed by atoms with Crippen LogP contribution in [0.15, 0.2) is 0 Å². The van der Waals surface area contributed by atoms with Gasteiger partial charge in [-0.05, 0) is 11.6 Å². The van der Waals surface area contributed by atoms with Crippen LogP contribution in [0.5, 0.6) is 0 Å². The third kappa shape index (κ3) is 2.84. The molecule has 0 aromatic carbocycles. The Balaban J connectivity index is 3.45. The molecule has 0 amide bonds. The van der Waals surface area contributed by atoms with Gasteiger partial charge in [0.1, 0.15) is 15.6 Å². The highest BCUT2D eigenvalue weighted by atomic mass is 35.5. The molecule has 2 nitrogen and oxygen atoms in total. The van der Waals surface area contributed by atoms with E-state index in [1.54, 1.807) is 0 Å². The van der Waals surface area contributed by atoms with Crippen molar-refractivity contribution in [2.45, 2.75) is 5.25 Å². The summed E-state index contributed by atoms with van der Waals surface area (Å²) in [4.78, 5) is 14.6. The predicted molar refractivity (Wildman–Crippen MR) is 66.9 cm³/mol. The Bertz CT molecular complexity index is 398. The van der Waals surface area contributed by atoms with Crippen molar-refractivity contribution in [2.24, 2.45) is 0 Å². The summed E-state index contributed by atoms with van der Waals surface area (Å²) in [7, 11) is 0. The standard InChI is InChI=1S/C7H2Cl5NOS/c8-2-1(4(15)7(12)14)3(9)6(11)13-5(2)10/h4,15H. The molecule has 15 heavy (non-hydrogen) atoms. The van der Waals surface area contributed by atoms with Gasteiger partial charge in [-0.1, -0.05) is 46.4 Å². The van der Waals surface area contributed by atoms with Crippen molar-refractivity contribution in [1.82, 2.24) is 4.98 Å². The largest absolute Gasteiger partial charge is 0.280 e. The monoisotopic (exact) mass is 323 g/mol. The number of carbonyl (C=O) groups is 1. The molecule has 1 atom stereocenters. The van der Waals surface area contributed by atoms with E-state index >= 15 is 0 Å². The van der Waals surface area contributed by atoms with Gasteiger partial charge in [-0.3, -0.25) is 4.79 Å². The number of pyridine rings is 1. The Hall–Kier alpha value is 0.620. The first-order valence-corrected chi connectivity index (χ1v) is 5.84. The summed E-state index contributed by atoms with van der Waals surface area (Å²) in [5.41, 5.74) is 0.159. The second kappa shape index (κ2) is 5.30. The van der Waals surface area contributed by atoms with Crippen molar-refractivity contribution in [3.05, 3.63) is 25.9 Å². The Morgan fingerprint density at radius 3 is 1.87 bits per heavy atom. The highest BCUT2D eigenvalue weighted by Gasteiger charge is 2.24. The molecule has 0 saturated heterocycles. The van der Waals surface area contributed by atoms with Crippen molar-refractivity contribution >= 4 is 75.9 Å². The highest BCUT2D eigenvalue weighted by molar-refractivity contribution is 7.81. The third-order valence-electron chi connectivity index (χ3n) is 1.52. The minimum absolute atomic E-state index is 0.0140. The van der Waals surface area contributed by atoms with E-state index in [0.717, 1.165) is 0 Å². The van der Waals surface area contributed by atoms with Crippen molar-refractivity contribution in [1.29, 1.82) is 0 Å². The van der Waals surface area contributed by atoms with Gasteiger partial charge >= 0.3 is 0 Å². The Kier molecular flexibility index (Phi) is 4.84. The first kappa shape index (κ1) is 13.7. The van der Waals surface area contributed by atoms with Crippen LogP contribution in [0, 0.1) is 0 Å². The maximum atomic E-state index is 10.9. The molecule has 1 unspecified atom stereocenters. The molecular formula is C7H2Cl5NOS. The van der Waals surface area contributed by atoms with Gasteiger partial charge in [-0.2, -0.15) is 12.6 Å². The third-order valence-corrected chi connectivity index (χ3v) is 3.89. The lowest BCUT2D eigenvalue weighted by molar-refractivity contribution is -0.111. The van der Waals surface area contributed by atoms with Crippen LogP contribution in [0.2, 0.25) is 20.4 Å². The SMILES string of the molecule is O=C(Cl)C(S)c1c(Cl)c(Cl)nc(Cl)c1Cl. The molecule has 0 bridgehead atoms. The van der Waals surface area contributed by atoms with Crippen LogP contribution in [0.1, 0.15) is 10.8 Å². The molecule has 0 fully saturated rings. The number of halogens is 5. The first-order chi connectivity index (χ1) is 6.86. The zero-order valence-electron chi connectivity index (χ0n) is 6.77. The number of rotatable bonds is 2. The van der Waals surface area contributed by atoms with Gasteiger partial charge in [0, 0.05) is 5.56 Å². The molecule has 0 aliphatic heterocycles. The molecule has 8 heteroatoms. The Morgan fingerprint density at radius 2 is 1.53 bits per heavy atom. The average Bonchev–Trinajstić information content (AvgIpc) is 2.15. The second-order valence-electron chi connectivity index (χ2n) is 2.44. The molecule has 0 aliphatic carbocycles. The second-order valence-corrected chi connectivity index (χ2v) is 4.80. The fraction of sp³-hybridized carbons (Fsp3) is 0.143. The molecule has 1 rings (SSSR count). The molecule has 82 valence electrons. The van der Waals surface area contributed by atoms with Crippen LogP contribution >= 0.6 is 70.6 Å². The van der Waals surface area contributed by atoms with Crippen LogP contribution in [-0.2, 0) is 4.79 Å². The normalized spacial score (nSPS) is 12.7. The Labute approximate surface area is 116 Å². The molecular weight excluding hydrogens is 323 g/mol. The summed E-state index contributed by atoms with van der Waals surface area (Å²) < 4.78 is 0. The van der Waals surface area contributed by atoms with Gasteiger partial charge in [0.2, 0.25) is 5.24 Å². The lowest BCUT2D eigenvalue weighted by Gasteiger charge is -2.12. The number of carbonyl (C=O) groups excluding carboxylic acids is 1. The van der Waals surface area contributed by atoms with Crippen LogP contribution in [-0.4, -0.2) is 10.2 Å².